The van der Waals surface area contributed by atoms with Crippen molar-refractivity contribution in [2.75, 3.05) is 12.8 Å². The van der Waals surface area contributed by atoms with Gasteiger partial charge in [0.2, 0.25) is 0 Å². The number of amides is 1. The molecule has 0 saturated heterocycles. The Hall–Kier alpha value is -1.58. The van der Waals surface area contributed by atoms with Crippen LogP contribution in [0.3, 0.4) is 0 Å². The summed E-state index contributed by atoms with van der Waals surface area (Å²) in [5.74, 6) is -1.68. The molecule has 0 aliphatic rings. The molecule has 3 N–H and O–H groups in total. The van der Waals surface area contributed by atoms with Crippen LogP contribution in [0.2, 0.25) is 0 Å². The molecule has 64 valence electrons. The van der Waals surface area contributed by atoms with Crippen molar-refractivity contribution in [2.24, 2.45) is 0 Å². The molecule has 0 aliphatic carbocycles. The molecule has 0 heterocycles. The van der Waals surface area contributed by atoms with Gasteiger partial charge in [-0.25, -0.2) is 4.39 Å². The van der Waals surface area contributed by atoms with E-state index in [2.05, 4.69) is 5.32 Å². The van der Waals surface area contributed by atoms with Gasteiger partial charge < -0.3 is 11.1 Å². The molecule has 0 spiro atoms. The largest absolute Gasteiger partial charge is 0.399 e. The van der Waals surface area contributed by atoms with Gasteiger partial charge in [0.15, 0.2) is 0 Å². The highest BCUT2D eigenvalue weighted by atomic mass is 19.1. The van der Waals surface area contributed by atoms with Crippen LogP contribution in [0.25, 0.3) is 0 Å². The van der Waals surface area contributed by atoms with Gasteiger partial charge in [0.1, 0.15) is 5.82 Å². The van der Waals surface area contributed by atoms with Crippen LogP contribution in [0.5, 0.6) is 0 Å². The maximum absolute atomic E-state index is 13.3. The summed E-state index contributed by atoms with van der Waals surface area (Å²) in [4.78, 5) is 11.1. The van der Waals surface area contributed by atoms with Crippen molar-refractivity contribution in [3.63, 3.8) is 0 Å². The lowest BCUT2D eigenvalue weighted by Crippen LogP contribution is -2.19. The number of benzene rings is 1. The second-order valence-corrected chi connectivity index (χ2v) is 2.13. The molecule has 1 rings (SSSR count). The fraction of sp³-hybridized carbons (Fsp3) is 0.125. The van der Waals surface area contributed by atoms with Gasteiger partial charge >= 0.3 is 0 Å². The van der Waals surface area contributed by atoms with Crippen LogP contribution in [0.15, 0.2) is 18.2 Å². The predicted octanol–water partition coefficient (Wildman–Crippen LogP) is 0.768. The normalized spacial score (nSPS) is 11.8. The topological polar surface area (TPSA) is 55.1 Å². The number of nitrogen functional groups attached to an aromatic ring is 1. The Morgan fingerprint density at radius 2 is 2.50 bits per heavy atom. The molecule has 1 aromatic carbocycles. The Morgan fingerprint density at radius 3 is 3.08 bits per heavy atom. The summed E-state index contributed by atoms with van der Waals surface area (Å²) >= 11 is 0. The highest BCUT2D eigenvalue weighted by Crippen LogP contribution is 2.11. The average Bonchev–Trinajstić information content (AvgIpc) is 2.19. The molecule has 0 radical (unpaired) electrons. The van der Waals surface area contributed by atoms with Crippen LogP contribution >= 0.6 is 0 Å². The van der Waals surface area contributed by atoms with E-state index in [1.807, 2.05) is 0 Å². The zero-order valence-electron chi connectivity index (χ0n) is 8.44. The Kier molecular flexibility index (Phi) is 1.60. The molecule has 0 unspecified atom stereocenters. The van der Waals surface area contributed by atoms with Gasteiger partial charge in [0, 0.05) is 12.7 Å². The maximum Gasteiger partial charge on any atom is 0.253 e. The summed E-state index contributed by atoms with van der Waals surface area (Å²) < 4.78 is 27.7. The lowest BCUT2D eigenvalue weighted by atomic mass is 10.2. The van der Waals surface area contributed by atoms with Gasteiger partial charge in [-0.1, -0.05) is 0 Å². The minimum absolute atomic E-state index is 0.227. The lowest BCUT2D eigenvalue weighted by Gasteiger charge is -2.01. The number of carbonyl (C=O) groups is 1. The first kappa shape index (κ1) is 5.99. The summed E-state index contributed by atoms with van der Waals surface area (Å²) in [6.07, 6.45) is 0. The molecule has 1 amide bonds. The number of rotatable bonds is 1. The van der Waals surface area contributed by atoms with Gasteiger partial charge in [-0.05, 0) is 18.2 Å². The molecule has 0 aromatic heterocycles. The van der Waals surface area contributed by atoms with E-state index >= 15 is 0 Å². The molecule has 1 aromatic rings. The minimum atomic E-state index is -1.00. The fourth-order valence-electron chi connectivity index (χ4n) is 0.735. The van der Waals surface area contributed by atoms with Crippen LogP contribution in [-0.2, 0) is 0 Å². The number of carbonyl (C=O) groups excluding carboxylic acids is 1. The number of anilines is 1. The van der Waals surface area contributed by atoms with Crippen molar-refractivity contribution < 1.29 is 11.9 Å². The van der Waals surface area contributed by atoms with Crippen LogP contribution < -0.4 is 11.1 Å². The quantitative estimate of drug-likeness (QED) is 0.611. The van der Waals surface area contributed by atoms with Crippen molar-refractivity contribution in [1.29, 1.82) is 0 Å². The first-order chi connectivity index (χ1) is 6.49. The Balaban J connectivity index is 3.40. The van der Waals surface area contributed by atoms with Gasteiger partial charge in [0.05, 0.1) is 8.30 Å². The summed E-state index contributed by atoms with van der Waals surface area (Å²) in [6, 6.07) is 0.160. The summed E-state index contributed by atoms with van der Waals surface area (Å²) in [7, 11) is 1.34. The fourth-order valence-corrected chi connectivity index (χ4v) is 0.735. The Morgan fingerprint density at radius 1 is 1.83 bits per heavy atom. The average molecular weight is 170 g/mol. The van der Waals surface area contributed by atoms with E-state index in [0.29, 0.717) is 0 Å². The number of hydrogen-bond donors (Lipinski definition) is 2. The van der Waals surface area contributed by atoms with E-state index in [4.69, 9.17) is 8.48 Å². The molecule has 0 fully saturated rings. The van der Waals surface area contributed by atoms with Gasteiger partial charge in [-0.15, -0.1) is 0 Å². The highest BCUT2D eigenvalue weighted by Gasteiger charge is 2.08. The first-order valence-electron chi connectivity index (χ1n) is 4.26. The second-order valence-electron chi connectivity index (χ2n) is 2.13. The van der Waals surface area contributed by atoms with E-state index in [1.165, 1.54) is 7.05 Å². The maximum atomic E-state index is 13.3. The Labute approximate surface area is 72.2 Å². The summed E-state index contributed by atoms with van der Waals surface area (Å²) in [5.41, 5.74) is 4.64. The molecule has 0 atom stereocenters. The van der Waals surface area contributed by atoms with Crippen molar-refractivity contribution in [2.45, 2.75) is 0 Å². The minimum Gasteiger partial charge on any atom is -0.399 e. The van der Waals surface area contributed by atoms with E-state index < -0.39 is 17.8 Å². The molecule has 4 heteroatoms. The highest BCUT2D eigenvalue weighted by molar-refractivity contribution is 5.94. The molecule has 0 bridgehead atoms. The zero-order valence-corrected chi connectivity index (χ0v) is 6.44. The van der Waals surface area contributed by atoms with Crippen molar-refractivity contribution in [3.8, 4) is 0 Å². The second kappa shape index (κ2) is 3.21. The van der Waals surface area contributed by atoms with Crippen LogP contribution in [0, 0.1) is 5.82 Å². The third kappa shape index (κ3) is 1.53. The van der Waals surface area contributed by atoms with E-state index in [0.717, 1.165) is 6.07 Å². The third-order valence-corrected chi connectivity index (χ3v) is 1.32. The number of hydrogen-bond acceptors (Lipinski definition) is 2. The predicted molar refractivity (Wildman–Crippen MR) is 44.2 cm³/mol. The standard InChI is InChI=1S/C8H9FN2O/c1-11-8(12)6-3-2-5(10)4-7(6)9/h2-4H,10H2,1H3,(H,11,12)/i2D,4D. The third-order valence-electron chi connectivity index (χ3n) is 1.32. The van der Waals surface area contributed by atoms with Crippen molar-refractivity contribution in [1.82, 2.24) is 5.32 Å². The number of nitrogens with one attached hydrogen (secondary N) is 1. The molecule has 12 heavy (non-hydrogen) atoms. The molecule has 0 aliphatic heterocycles. The first-order valence-corrected chi connectivity index (χ1v) is 3.26. The van der Waals surface area contributed by atoms with E-state index in [9.17, 15) is 9.18 Å². The lowest BCUT2D eigenvalue weighted by molar-refractivity contribution is 0.0959. The molecule has 0 saturated carbocycles. The Bertz CT molecular complexity index is 395. The van der Waals surface area contributed by atoms with Crippen molar-refractivity contribution in [3.05, 3.63) is 29.5 Å². The molecular weight excluding hydrogens is 159 g/mol. The van der Waals surface area contributed by atoms with Gasteiger partial charge in [-0.2, -0.15) is 0 Å². The smallest absolute Gasteiger partial charge is 0.253 e. The SMILES string of the molecule is [2H]c1cc(C(=O)NC)c(F)c([2H])c1N. The van der Waals surface area contributed by atoms with Crippen LogP contribution in [0.4, 0.5) is 10.1 Å². The molecular formula is C8H9FN2O. The summed E-state index contributed by atoms with van der Waals surface area (Å²) in [6.45, 7) is 0. The summed E-state index contributed by atoms with van der Waals surface area (Å²) in [5, 5.41) is 2.21. The monoisotopic (exact) mass is 170 g/mol. The van der Waals surface area contributed by atoms with E-state index in [-0.39, 0.29) is 17.3 Å². The number of halogens is 1. The van der Waals surface area contributed by atoms with Crippen molar-refractivity contribution >= 4 is 11.6 Å². The van der Waals surface area contributed by atoms with Gasteiger partial charge in [0.25, 0.3) is 5.91 Å². The van der Waals surface area contributed by atoms with E-state index in [1.54, 1.807) is 0 Å². The molecule has 3 nitrogen and oxygen atoms in total. The van der Waals surface area contributed by atoms with Crippen LogP contribution in [0.1, 0.15) is 13.1 Å². The van der Waals surface area contributed by atoms with Crippen LogP contribution in [-0.4, -0.2) is 13.0 Å². The number of nitrogens with two attached hydrogens (primary N) is 1. The zero-order chi connectivity index (χ0) is 10.9. The van der Waals surface area contributed by atoms with Gasteiger partial charge in [-0.3, -0.25) is 4.79 Å².